The molecule has 0 saturated heterocycles. The molecule has 526 valence electrons. The number of esters is 7. The number of carbonyl (C=O) groups is 14. The topological polar surface area (TPSA) is 489 Å². The Balaban J connectivity index is -0.000000247. The molecule has 0 amide bonds. The summed E-state index contributed by atoms with van der Waals surface area (Å²) in [6.07, 6.45) is 4.06. The first-order valence-electron chi connectivity index (χ1n) is 26.8. The summed E-state index contributed by atoms with van der Waals surface area (Å²) < 4.78 is 67.2. The Morgan fingerprint density at radius 1 is 0.495 bits per heavy atom. The molecule has 0 unspecified atom stereocenters. The van der Waals surface area contributed by atoms with Gasteiger partial charge in [-0.25, -0.2) is 47.9 Å². The van der Waals surface area contributed by atoms with E-state index in [9.17, 15) is 75.5 Å². The largest absolute Gasteiger partial charge is 0.493 e. The van der Waals surface area contributed by atoms with Crippen LogP contribution in [-0.2, 0) is 96.0 Å². The van der Waals surface area contributed by atoms with Crippen LogP contribution in [0.5, 0.6) is 5.75 Å². The van der Waals surface area contributed by atoms with Crippen molar-refractivity contribution in [1.82, 2.24) is 0 Å². The summed E-state index contributed by atoms with van der Waals surface area (Å²) in [5, 5.41) is 49.5. The summed E-state index contributed by atoms with van der Waals surface area (Å²) in [6, 6.07) is 11.8. The molecule has 0 aliphatic carbocycles. The zero-order valence-corrected chi connectivity index (χ0v) is 54.4. The smallest absolute Gasteiger partial charge is 0.339 e. The van der Waals surface area contributed by atoms with E-state index < -0.39 is 92.9 Å². The predicted octanol–water partition coefficient (Wildman–Crippen LogP) is 6.93. The number of carboxylic acid groups (broad SMARTS) is 6. The molecule has 0 bridgehead atoms. The molecule has 0 spiro atoms. The highest BCUT2D eigenvalue weighted by Crippen LogP contribution is 2.23. The minimum atomic E-state index is -4.02. The number of methoxy groups -OCH3 is 1. The number of carbonyl (C=O) groups excluding carboxylic acids is 8. The molecule has 95 heavy (non-hydrogen) atoms. The standard InChI is InChI=1S/C14H14O6.C13H14O5.C10H14O6.C8H14O4S.C6H8O4.C5H8O2.C4H6O2.C3H4O2/c1-9(2)13(17)19-7-8-20-14(18)11-6-4-3-5-10(11)12(15)16;1-2-12(14)18-9-3-8-17-11-6-4-10(5-7-11)13(15)16;1-7(2)10(14)16-6-5-15-9(13)4-3-8(11)12;1-4-7(9)5-8(2,3)6-13(10,11)12;1-2-6(9)10-4-3-5(7)8;1-4(2)5(6)7-3;1-3(2)4(5)6;1-2-3(4)5/h3-6H,1,7-8H2,2H3,(H,15,16);2,4-7H,1,3,8-9H2,(H,15,16);1,3-6H2,2H3,(H,11,12);4H,1,5-6H2,2-3H3,(H,10,11,12);2H,1,3-4H2,(H,7,8);1H2,2-3H3;1H2,2H3,(H,5,6);2H,1H2,(H,4,5). The quantitative estimate of drug-likeness (QED) is 0.0128. The lowest BCUT2D eigenvalue weighted by Gasteiger charge is -2.20. The monoisotopic (exact) mass is 1370 g/mol. The lowest BCUT2D eigenvalue weighted by molar-refractivity contribution is -0.151. The maximum absolute atomic E-state index is 11.7. The molecule has 7 N–H and O–H groups in total. The summed E-state index contributed by atoms with van der Waals surface area (Å²) in [5.74, 6) is -10.2. The Labute approximate surface area is 548 Å². The number of benzene rings is 2. The molecule has 31 nitrogen and oxygen atoms in total. The van der Waals surface area contributed by atoms with Crippen LogP contribution in [0.2, 0.25) is 0 Å². The van der Waals surface area contributed by atoms with Gasteiger partial charge >= 0.3 is 77.6 Å². The third-order valence-corrected chi connectivity index (χ3v) is 10.2. The molecule has 2 rings (SSSR count). The van der Waals surface area contributed by atoms with E-state index in [-0.39, 0.29) is 110 Å². The second kappa shape index (κ2) is 55.7. The molecule has 32 heteroatoms. The fraction of sp³-hybridized carbons (Fsp3) is 0.333. The highest BCUT2D eigenvalue weighted by molar-refractivity contribution is 7.85. The lowest BCUT2D eigenvalue weighted by Crippen LogP contribution is -2.26. The van der Waals surface area contributed by atoms with Crippen molar-refractivity contribution in [2.45, 2.75) is 73.6 Å². The molecule has 0 radical (unpaired) electrons. The van der Waals surface area contributed by atoms with E-state index in [2.05, 4.69) is 71.6 Å². The highest BCUT2D eigenvalue weighted by atomic mass is 32.2. The van der Waals surface area contributed by atoms with Gasteiger partial charge in [0.1, 0.15) is 38.8 Å². The van der Waals surface area contributed by atoms with Crippen molar-refractivity contribution in [2.24, 2.45) is 5.41 Å². The van der Waals surface area contributed by atoms with Gasteiger partial charge in [-0.1, -0.05) is 78.6 Å². The lowest BCUT2D eigenvalue weighted by atomic mass is 9.90. The van der Waals surface area contributed by atoms with Crippen LogP contribution in [0.3, 0.4) is 0 Å². The fourth-order valence-corrected chi connectivity index (χ4v) is 5.84. The van der Waals surface area contributed by atoms with Gasteiger partial charge in [0.25, 0.3) is 10.1 Å². The van der Waals surface area contributed by atoms with Crippen molar-refractivity contribution >= 4 is 93.5 Å². The highest BCUT2D eigenvalue weighted by Gasteiger charge is 2.27. The van der Waals surface area contributed by atoms with Gasteiger partial charge in [0.05, 0.1) is 62.0 Å². The van der Waals surface area contributed by atoms with Gasteiger partial charge in [-0.3, -0.25) is 23.7 Å². The normalized spacial score (nSPS) is 9.39. The number of allylic oxidation sites excluding steroid dienone is 1. The van der Waals surface area contributed by atoms with E-state index in [1.807, 2.05) is 0 Å². The van der Waals surface area contributed by atoms with Crippen LogP contribution in [0.25, 0.3) is 0 Å². The molecule has 0 aromatic heterocycles. The van der Waals surface area contributed by atoms with Gasteiger partial charge in [-0.2, -0.15) is 8.42 Å². The number of ketones is 1. The Hall–Kier alpha value is -11.2. The van der Waals surface area contributed by atoms with Gasteiger partial charge in [0, 0.05) is 53.4 Å². The van der Waals surface area contributed by atoms with E-state index >= 15 is 0 Å². The van der Waals surface area contributed by atoms with Crippen LogP contribution in [0.4, 0.5) is 0 Å². The molecule has 2 aromatic carbocycles. The molecule has 2 aromatic rings. The van der Waals surface area contributed by atoms with E-state index in [4.69, 9.17) is 54.1 Å². The van der Waals surface area contributed by atoms with Crippen molar-refractivity contribution in [1.29, 1.82) is 0 Å². The van der Waals surface area contributed by atoms with Crippen molar-refractivity contribution in [3.63, 3.8) is 0 Å². The van der Waals surface area contributed by atoms with E-state index in [1.165, 1.54) is 64.3 Å². The summed E-state index contributed by atoms with van der Waals surface area (Å²) in [4.78, 5) is 147. The maximum atomic E-state index is 11.7. The number of aromatic carboxylic acids is 2. The number of hydrogen-bond donors (Lipinski definition) is 7. The first-order chi connectivity index (χ1) is 43.9. The first kappa shape index (κ1) is 95.0. The second-order valence-corrected chi connectivity index (χ2v) is 19.9. The molecule has 0 saturated carbocycles. The van der Waals surface area contributed by atoms with Crippen LogP contribution in [0, 0.1) is 5.41 Å². The second-order valence-electron chi connectivity index (χ2n) is 18.5. The molecule has 0 atom stereocenters. The number of rotatable bonds is 32. The zero-order valence-electron chi connectivity index (χ0n) is 53.6. The van der Waals surface area contributed by atoms with Crippen molar-refractivity contribution in [3.8, 4) is 5.75 Å². The molecular formula is C63H82O31S. The Morgan fingerprint density at radius 3 is 1.26 bits per heavy atom. The average Bonchev–Trinajstić information content (AvgIpc) is 1.19. The predicted molar refractivity (Wildman–Crippen MR) is 338 cm³/mol. The Bertz CT molecular complexity index is 3080. The van der Waals surface area contributed by atoms with Gasteiger partial charge in [0.15, 0.2) is 5.78 Å². The first-order valence-corrected chi connectivity index (χ1v) is 28.4. The van der Waals surface area contributed by atoms with Crippen LogP contribution >= 0.6 is 0 Å². The third kappa shape index (κ3) is 64.2. The van der Waals surface area contributed by atoms with Gasteiger partial charge < -0.3 is 68.5 Å². The van der Waals surface area contributed by atoms with E-state index in [0.29, 0.717) is 24.4 Å². The van der Waals surface area contributed by atoms with Crippen molar-refractivity contribution < 1.29 is 149 Å². The minimum Gasteiger partial charge on any atom is -0.493 e. The van der Waals surface area contributed by atoms with Crippen LogP contribution in [-0.4, -0.2) is 186 Å². The molecule has 0 heterocycles. The fourth-order valence-electron chi connectivity index (χ4n) is 4.75. The van der Waals surface area contributed by atoms with Crippen molar-refractivity contribution in [2.75, 3.05) is 59.1 Å². The van der Waals surface area contributed by atoms with Crippen LogP contribution < -0.4 is 4.74 Å². The Morgan fingerprint density at radius 2 is 0.916 bits per heavy atom. The summed E-state index contributed by atoms with van der Waals surface area (Å²) in [5.41, 5.74) is 0.381. The third-order valence-electron chi connectivity index (χ3n) is 9.07. The Kier molecular flexibility index (Phi) is 55.7. The maximum Gasteiger partial charge on any atom is 0.339 e. The summed E-state index contributed by atoms with van der Waals surface area (Å²) in [6.45, 7) is 35.3. The van der Waals surface area contributed by atoms with E-state index in [1.54, 1.807) is 32.9 Å². The molecule has 0 fully saturated rings. The van der Waals surface area contributed by atoms with Gasteiger partial charge in [-0.15, -0.1) is 0 Å². The summed E-state index contributed by atoms with van der Waals surface area (Å²) in [7, 11) is -2.69. The zero-order chi connectivity index (χ0) is 75.0. The van der Waals surface area contributed by atoms with Gasteiger partial charge in [0.2, 0.25) is 0 Å². The number of hydrogen-bond acceptors (Lipinski definition) is 24. The molecule has 0 aliphatic heterocycles. The van der Waals surface area contributed by atoms with Crippen LogP contribution in [0.15, 0.2) is 148 Å². The minimum absolute atomic E-state index is 0.0498. The summed E-state index contributed by atoms with van der Waals surface area (Å²) >= 11 is 0. The van der Waals surface area contributed by atoms with Gasteiger partial charge in [-0.05, 0) is 75.6 Å². The molecular weight excluding hydrogens is 1280 g/mol. The number of carboxylic acids is 6. The number of ether oxygens (including phenoxy) is 8. The van der Waals surface area contributed by atoms with Crippen LogP contribution in [0.1, 0.15) is 105 Å². The average molecular weight is 1370 g/mol. The SMILES string of the molecule is C=C(C)C(=O)O.C=C(C)C(=O)OC.C=C(C)C(=O)OCCOC(=O)CCC(=O)O.C=C(C)C(=O)OCCOC(=O)c1ccccc1C(=O)O.C=CC(=O)CC(C)(C)CS(=O)(=O)O.C=CC(=O)O.C=CC(=O)OCCC(=O)O.C=CC(=O)OCCCOc1ccc(C(=O)O)cc1. The molecule has 0 aliphatic rings. The number of aliphatic carboxylic acids is 4. The van der Waals surface area contributed by atoms with E-state index in [0.717, 1.165) is 24.3 Å². The van der Waals surface area contributed by atoms with Crippen molar-refractivity contribution in [3.05, 3.63) is 164 Å².